The van der Waals surface area contributed by atoms with E-state index in [-0.39, 0.29) is 11.3 Å². The molecule has 0 amide bonds. The smallest absolute Gasteiger partial charge is 0.151 e. The van der Waals surface area contributed by atoms with Crippen molar-refractivity contribution in [3.63, 3.8) is 0 Å². The molecule has 0 radical (unpaired) electrons. The number of rotatable bonds is 4. The zero-order chi connectivity index (χ0) is 18.9. The van der Waals surface area contributed by atoms with Crippen molar-refractivity contribution in [3.8, 4) is 22.7 Å². The summed E-state index contributed by atoms with van der Waals surface area (Å²) in [5.41, 5.74) is 4.95. The molecule has 0 bridgehead atoms. The van der Waals surface area contributed by atoms with Crippen LogP contribution in [0.25, 0.3) is 16.9 Å². The number of hydrazine groups is 1. The maximum absolute atomic E-state index is 10.4. The van der Waals surface area contributed by atoms with Gasteiger partial charge in [0.25, 0.3) is 0 Å². The molecule has 3 heterocycles. The van der Waals surface area contributed by atoms with Crippen molar-refractivity contribution in [3.05, 3.63) is 48.8 Å². The van der Waals surface area contributed by atoms with Gasteiger partial charge in [0.2, 0.25) is 0 Å². The molecule has 0 spiro atoms. The van der Waals surface area contributed by atoms with Gasteiger partial charge in [0, 0.05) is 42.7 Å². The number of phenolic OH excluding ortho intramolecular Hbond substituents is 1. The van der Waals surface area contributed by atoms with E-state index in [9.17, 15) is 5.11 Å². The van der Waals surface area contributed by atoms with Gasteiger partial charge >= 0.3 is 0 Å². The monoisotopic (exact) mass is 365 g/mol. The minimum absolute atomic E-state index is 0.0218. The molecule has 4 rings (SSSR count). The third-order valence-electron chi connectivity index (χ3n) is 5.22. The molecule has 2 aromatic heterocycles. The average Bonchev–Trinajstić information content (AvgIpc) is 3.24. The second-order valence-corrected chi connectivity index (χ2v) is 7.12. The second kappa shape index (κ2) is 6.98. The van der Waals surface area contributed by atoms with Crippen molar-refractivity contribution in [1.29, 1.82) is 0 Å². The van der Waals surface area contributed by atoms with Crippen LogP contribution in [0.4, 0.5) is 5.82 Å². The lowest BCUT2D eigenvalue weighted by atomic mass is 9.90. The number of nitrogens with zero attached hydrogens (tertiary/aromatic N) is 5. The van der Waals surface area contributed by atoms with Crippen LogP contribution < -0.4 is 16.2 Å². The normalized spacial score (nSPS) is 16.4. The fourth-order valence-corrected chi connectivity index (χ4v) is 3.31. The summed E-state index contributed by atoms with van der Waals surface area (Å²) < 4.78 is 1.69. The van der Waals surface area contributed by atoms with E-state index in [0.29, 0.717) is 11.3 Å². The molecule has 1 aliphatic rings. The standard InChI is InChI=1S/C19H23N7O/c1-19(24-20)7-11-25(12-8-19)18-6-5-16(22-23-18)15-4-3-14(13-17(15)27)26-10-2-9-21-26/h2-6,9-10,13,24,27H,7-8,11-12,20H2,1H3. The number of anilines is 1. The Kier molecular flexibility index (Phi) is 4.51. The quantitative estimate of drug-likeness (QED) is 0.479. The van der Waals surface area contributed by atoms with Gasteiger partial charge in [-0.1, -0.05) is 0 Å². The number of aromatic nitrogens is 4. The predicted octanol–water partition coefficient (Wildman–Crippen LogP) is 1.86. The summed E-state index contributed by atoms with van der Waals surface area (Å²) in [5, 5.41) is 23.3. The zero-order valence-corrected chi connectivity index (χ0v) is 15.2. The maximum Gasteiger partial charge on any atom is 0.151 e. The van der Waals surface area contributed by atoms with Gasteiger partial charge in [0.15, 0.2) is 5.82 Å². The molecule has 8 nitrogen and oxygen atoms in total. The summed E-state index contributed by atoms with van der Waals surface area (Å²) in [6.45, 7) is 3.88. The second-order valence-electron chi connectivity index (χ2n) is 7.12. The van der Waals surface area contributed by atoms with Gasteiger partial charge in [-0.2, -0.15) is 5.10 Å². The van der Waals surface area contributed by atoms with Gasteiger partial charge in [-0.3, -0.25) is 11.3 Å². The van der Waals surface area contributed by atoms with Crippen molar-refractivity contribution in [2.24, 2.45) is 5.84 Å². The summed E-state index contributed by atoms with van der Waals surface area (Å²) in [7, 11) is 0. The highest BCUT2D eigenvalue weighted by Gasteiger charge is 2.29. The average molecular weight is 365 g/mol. The Morgan fingerprint density at radius 1 is 1.15 bits per heavy atom. The fourth-order valence-electron chi connectivity index (χ4n) is 3.31. The van der Waals surface area contributed by atoms with E-state index < -0.39 is 0 Å². The van der Waals surface area contributed by atoms with Gasteiger partial charge in [-0.25, -0.2) is 4.68 Å². The lowest BCUT2D eigenvalue weighted by Gasteiger charge is -2.39. The molecular formula is C19H23N7O. The molecule has 1 aliphatic heterocycles. The first-order chi connectivity index (χ1) is 13.1. The minimum atomic E-state index is -0.0218. The van der Waals surface area contributed by atoms with Crippen molar-refractivity contribution >= 4 is 5.82 Å². The Balaban J connectivity index is 1.51. The number of nitrogens with one attached hydrogen (secondary N) is 1. The van der Waals surface area contributed by atoms with E-state index in [1.54, 1.807) is 16.9 Å². The Morgan fingerprint density at radius 2 is 1.96 bits per heavy atom. The lowest BCUT2D eigenvalue weighted by Crippen LogP contribution is -2.54. The van der Waals surface area contributed by atoms with Gasteiger partial charge in [0.05, 0.1) is 11.4 Å². The van der Waals surface area contributed by atoms with Gasteiger partial charge in [-0.15, -0.1) is 10.2 Å². The third-order valence-corrected chi connectivity index (χ3v) is 5.22. The largest absolute Gasteiger partial charge is 0.507 e. The number of hydrogen-bond donors (Lipinski definition) is 3. The fraction of sp³-hybridized carbons (Fsp3) is 0.316. The highest BCUT2D eigenvalue weighted by Crippen LogP contribution is 2.30. The number of aromatic hydroxyl groups is 1. The maximum atomic E-state index is 10.4. The summed E-state index contributed by atoms with van der Waals surface area (Å²) in [6, 6.07) is 11.1. The van der Waals surface area contributed by atoms with Crippen LogP contribution in [-0.4, -0.2) is 43.7 Å². The highest BCUT2D eigenvalue weighted by molar-refractivity contribution is 5.69. The van der Waals surface area contributed by atoms with Crippen LogP contribution in [0.2, 0.25) is 0 Å². The Hall–Kier alpha value is -2.97. The first kappa shape index (κ1) is 17.4. The molecule has 0 unspecified atom stereocenters. The molecule has 27 heavy (non-hydrogen) atoms. The van der Waals surface area contributed by atoms with Gasteiger partial charge in [-0.05, 0) is 50.1 Å². The number of nitrogens with two attached hydrogens (primary N) is 1. The van der Waals surface area contributed by atoms with Crippen LogP contribution in [0.15, 0.2) is 48.8 Å². The van der Waals surface area contributed by atoms with Crippen LogP contribution in [-0.2, 0) is 0 Å². The molecule has 0 atom stereocenters. The first-order valence-electron chi connectivity index (χ1n) is 8.98. The molecule has 1 aromatic carbocycles. The molecule has 0 saturated carbocycles. The van der Waals surface area contributed by atoms with Gasteiger partial charge in [0.1, 0.15) is 5.75 Å². The molecular weight excluding hydrogens is 342 g/mol. The van der Waals surface area contributed by atoms with Crippen LogP contribution >= 0.6 is 0 Å². The molecule has 1 fully saturated rings. The zero-order valence-electron chi connectivity index (χ0n) is 15.2. The van der Waals surface area contributed by atoms with Crippen molar-refractivity contribution in [1.82, 2.24) is 25.4 Å². The summed E-state index contributed by atoms with van der Waals surface area (Å²) in [5.74, 6) is 6.62. The summed E-state index contributed by atoms with van der Waals surface area (Å²) in [4.78, 5) is 2.20. The number of piperidine rings is 1. The van der Waals surface area contributed by atoms with Crippen molar-refractivity contribution < 1.29 is 5.11 Å². The molecule has 3 aromatic rings. The van der Waals surface area contributed by atoms with E-state index in [1.807, 2.05) is 36.5 Å². The SMILES string of the molecule is CC1(NN)CCN(c2ccc(-c3ccc(-n4cccn4)cc3O)nn2)CC1. The number of phenols is 1. The van der Waals surface area contributed by atoms with E-state index in [2.05, 4.69) is 32.5 Å². The van der Waals surface area contributed by atoms with E-state index in [0.717, 1.165) is 37.4 Å². The molecule has 140 valence electrons. The lowest BCUT2D eigenvalue weighted by molar-refractivity contribution is 0.288. The third kappa shape index (κ3) is 3.49. The predicted molar refractivity (Wildman–Crippen MR) is 103 cm³/mol. The number of hydrogen-bond acceptors (Lipinski definition) is 7. The number of benzene rings is 1. The van der Waals surface area contributed by atoms with Crippen LogP contribution in [0.5, 0.6) is 5.75 Å². The Labute approximate surface area is 157 Å². The molecule has 0 aliphatic carbocycles. The van der Waals surface area contributed by atoms with E-state index in [1.165, 1.54) is 0 Å². The topological polar surface area (TPSA) is 105 Å². The summed E-state index contributed by atoms with van der Waals surface area (Å²) in [6.07, 6.45) is 5.42. The van der Waals surface area contributed by atoms with Crippen molar-refractivity contribution in [2.45, 2.75) is 25.3 Å². The van der Waals surface area contributed by atoms with E-state index in [4.69, 9.17) is 5.84 Å². The minimum Gasteiger partial charge on any atom is -0.507 e. The Bertz CT molecular complexity index is 900. The van der Waals surface area contributed by atoms with E-state index >= 15 is 0 Å². The Morgan fingerprint density at radius 3 is 2.56 bits per heavy atom. The molecule has 1 saturated heterocycles. The van der Waals surface area contributed by atoms with Crippen LogP contribution in [0.1, 0.15) is 19.8 Å². The van der Waals surface area contributed by atoms with Crippen LogP contribution in [0.3, 0.4) is 0 Å². The molecule has 8 heteroatoms. The van der Waals surface area contributed by atoms with Gasteiger partial charge < -0.3 is 10.0 Å². The highest BCUT2D eigenvalue weighted by atomic mass is 16.3. The molecule has 4 N–H and O–H groups in total. The first-order valence-corrected chi connectivity index (χ1v) is 8.98. The summed E-state index contributed by atoms with van der Waals surface area (Å²) >= 11 is 0. The van der Waals surface area contributed by atoms with Crippen molar-refractivity contribution in [2.75, 3.05) is 18.0 Å². The van der Waals surface area contributed by atoms with Crippen LogP contribution in [0, 0.1) is 0 Å².